The molecule has 0 aliphatic heterocycles. The van der Waals surface area contributed by atoms with Crippen LogP contribution in [0.2, 0.25) is 0 Å². The lowest BCUT2D eigenvalue weighted by atomic mass is 10.2. The van der Waals surface area contributed by atoms with Gasteiger partial charge >= 0.3 is 0 Å². The van der Waals surface area contributed by atoms with Crippen LogP contribution >= 0.6 is 0 Å². The van der Waals surface area contributed by atoms with Crippen molar-refractivity contribution in [3.05, 3.63) is 47.1 Å². The fraction of sp³-hybridized carbons (Fsp3) is 0.273. The summed E-state index contributed by atoms with van der Waals surface area (Å²) in [5.74, 6) is 0.0554. The number of nitrogens with one attached hydrogen (secondary N) is 1. The first-order valence-corrected chi connectivity index (χ1v) is 5.09. The van der Waals surface area contributed by atoms with Gasteiger partial charge in [0.15, 0.2) is 5.82 Å². The van der Waals surface area contributed by atoms with Gasteiger partial charge in [-0.25, -0.2) is 8.78 Å². The zero-order valence-electron chi connectivity index (χ0n) is 9.20. The summed E-state index contributed by atoms with van der Waals surface area (Å²) in [5, 5.41) is 6.58. The average Bonchev–Trinajstić information content (AvgIpc) is 2.69. The Hall–Kier alpha value is -1.82. The molecule has 0 bridgehead atoms. The summed E-state index contributed by atoms with van der Waals surface area (Å²) in [7, 11) is 0. The molecule has 0 spiro atoms. The summed E-state index contributed by atoms with van der Waals surface area (Å²) in [6, 6.07) is 3.34. The van der Waals surface area contributed by atoms with Gasteiger partial charge in [-0.2, -0.15) is 4.98 Å². The topological polar surface area (TPSA) is 51.0 Å². The lowest BCUT2D eigenvalue weighted by molar-refractivity contribution is 0.385. The highest BCUT2D eigenvalue weighted by atomic mass is 19.1. The summed E-state index contributed by atoms with van der Waals surface area (Å²) in [6.07, 6.45) is 0. The molecule has 17 heavy (non-hydrogen) atoms. The smallest absolute Gasteiger partial charge is 0.223 e. The Kier molecular flexibility index (Phi) is 3.43. The molecule has 0 unspecified atom stereocenters. The standard InChI is InChI=1S/C11H11F2N3O/c1-7-15-11(16-17-7)6-14-5-8-4-9(12)2-3-10(8)13/h2-4,14H,5-6H2,1H3. The molecule has 1 aromatic carbocycles. The van der Waals surface area contributed by atoms with Crippen LogP contribution in [-0.2, 0) is 13.1 Å². The van der Waals surface area contributed by atoms with Crippen LogP contribution < -0.4 is 5.32 Å². The largest absolute Gasteiger partial charge is 0.340 e. The van der Waals surface area contributed by atoms with Crippen molar-refractivity contribution in [2.75, 3.05) is 0 Å². The first-order valence-electron chi connectivity index (χ1n) is 5.09. The zero-order valence-corrected chi connectivity index (χ0v) is 9.20. The van der Waals surface area contributed by atoms with Gasteiger partial charge in [0.05, 0.1) is 6.54 Å². The van der Waals surface area contributed by atoms with Crippen molar-refractivity contribution in [2.24, 2.45) is 0 Å². The number of rotatable bonds is 4. The highest BCUT2D eigenvalue weighted by Crippen LogP contribution is 2.09. The SMILES string of the molecule is Cc1nc(CNCc2cc(F)ccc2F)no1. The predicted octanol–water partition coefficient (Wildman–Crippen LogP) is 1.95. The van der Waals surface area contributed by atoms with Crippen LogP contribution in [0, 0.1) is 18.6 Å². The third-order valence-electron chi connectivity index (χ3n) is 2.18. The molecule has 4 nitrogen and oxygen atoms in total. The molecule has 6 heteroatoms. The van der Waals surface area contributed by atoms with Crippen LogP contribution in [0.3, 0.4) is 0 Å². The lowest BCUT2D eigenvalue weighted by Crippen LogP contribution is -2.14. The summed E-state index contributed by atoms with van der Waals surface area (Å²) in [4.78, 5) is 3.97. The van der Waals surface area contributed by atoms with E-state index in [1.165, 1.54) is 0 Å². The van der Waals surface area contributed by atoms with Gasteiger partial charge in [0.2, 0.25) is 5.89 Å². The van der Waals surface area contributed by atoms with Gasteiger partial charge in [-0.15, -0.1) is 0 Å². The minimum Gasteiger partial charge on any atom is -0.340 e. The van der Waals surface area contributed by atoms with Crippen molar-refractivity contribution in [1.29, 1.82) is 0 Å². The zero-order chi connectivity index (χ0) is 12.3. The number of aryl methyl sites for hydroxylation is 1. The van der Waals surface area contributed by atoms with Crippen molar-refractivity contribution < 1.29 is 13.3 Å². The van der Waals surface area contributed by atoms with Crippen LogP contribution in [0.15, 0.2) is 22.7 Å². The summed E-state index contributed by atoms with van der Waals surface area (Å²) >= 11 is 0. The maximum Gasteiger partial charge on any atom is 0.223 e. The molecule has 0 aliphatic rings. The van der Waals surface area contributed by atoms with E-state index in [9.17, 15) is 8.78 Å². The van der Waals surface area contributed by atoms with E-state index in [0.29, 0.717) is 18.3 Å². The van der Waals surface area contributed by atoms with E-state index >= 15 is 0 Å². The maximum absolute atomic E-state index is 13.2. The Labute approximate surface area is 96.6 Å². The first kappa shape index (κ1) is 11.7. The van der Waals surface area contributed by atoms with Crippen LogP contribution in [0.4, 0.5) is 8.78 Å². The number of aromatic nitrogens is 2. The lowest BCUT2D eigenvalue weighted by Gasteiger charge is -2.03. The van der Waals surface area contributed by atoms with Gasteiger partial charge in [-0.1, -0.05) is 5.16 Å². The number of nitrogens with zero attached hydrogens (tertiary/aromatic N) is 2. The molecule has 2 aromatic rings. The highest BCUT2D eigenvalue weighted by Gasteiger charge is 2.05. The molecule has 1 aromatic heterocycles. The van der Waals surface area contributed by atoms with Gasteiger partial charge in [0, 0.05) is 19.0 Å². The summed E-state index contributed by atoms with van der Waals surface area (Å²) < 4.78 is 30.9. The van der Waals surface area contributed by atoms with E-state index in [2.05, 4.69) is 15.5 Å². The second-order valence-electron chi connectivity index (χ2n) is 3.57. The summed E-state index contributed by atoms with van der Waals surface area (Å²) in [5.41, 5.74) is 0.269. The number of halogens is 2. The number of hydrogen-bond acceptors (Lipinski definition) is 4. The van der Waals surface area contributed by atoms with Crippen LogP contribution in [0.5, 0.6) is 0 Å². The van der Waals surface area contributed by atoms with Crippen LogP contribution in [-0.4, -0.2) is 10.1 Å². The van der Waals surface area contributed by atoms with E-state index in [4.69, 9.17) is 4.52 Å². The predicted molar refractivity (Wildman–Crippen MR) is 55.9 cm³/mol. The Morgan fingerprint density at radius 2 is 2.12 bits per heavy atom. The van der Waals surface area contributed by atoms with E-state index in [1.54, 1.807) is 6.92 Å². The second kappa shape index (κ2) is 5.01. The highest BCUT2D eigenvalue weighted by molar-refractivity contribution is 5.18. The van der Waals surface area contributed by atoms with Gasteiger partial charge in [-0.3, -0.25) is 0 Å². The van der Waals surface area contributed by atoms with Gasteiger partial charge in [-0.05, 0) is 18.2 Å². The molecule has 0 saturated carbocycles. The van der Waals surface area contributed by atoms with Crippen LogP contribution in [0.25, 0.3) is 0 Å². The molecule has 0 amide bonds. The molecule has 0 saturated heterocycles. The third kappa shape index (κ3) is 3.07. The third-order valence-corrected chi connectivity index (χ3v) is 2.18. The minimum atomic E-state index is -0.460. The van der Waals surface area contributed by atoms with Gasteiger partial charge in [0.1, 0.15) is 11.6 Å². The van der Waals surface area contributed by atoms with Crippen molar-refractivity contribution >= 4 is 0 Å². The van der Waals surface area contributed by atoms with Crippen molar-refractivity contribution in [2.45, 2.75) is 20.0 Å². The molecule has 90 valence electrons. The van der Waals surface area contributed by atoms with Gasteiger partial charge < -0.3 is 9.84 Å². The van der Waals surface area contributed by atoms with E-state index < -0.39 is 11.6 Å². The Morgan fingerprint density at radius 1 is 1.29 bits per heavy atom. The fourth-order valence-electron chi connectivity index (χ4n) is 1.40. The Morgan fingerprint density at radius 3 is 2.82 bits per heavy atom. The molecular weight excluding hydrogens is 228 g/mol. The molecule has 1 heterocycles. The number of hydrogen-bond donors (Lipinski definition) is 1. The molecule has 0 aliphatic carbocycles. The average molecular weight is 239 g/mol. The minimum absolute atomic E-state index is 0.206. The normalized spacial score (nSPS) is 10.8. The Balaban J connectivity index is 1.91. The van der Waals surface area contributed by atoms with Crippen molar-refractivity contribution in [1.82, 2.24) is 15.5 Å². The van der Waals surface area contributed by atoms with Crippen molar-refractivity contribution in [3.8, 4) is 0 Å². The second-order valence-corrected chi connectivity index (χ2v) is 3.57. The van der Waals surface area contributed by atoms with E-state index in [0.717, 1.165) is 18.2 Å². The summed E-state index contributed by atoms with van der Waals surface area (Å²) in [6.45, 7) is 2.23. The number of benzene rings is 1. The van der Waals surface area contributed by atoms with Crippen molar-refractivity contribution in [3.63, 3.8) is 0 Å². The van der Waals surface area contributed by atoms with E-state index in [1.807, 2.05) is 0 Å². The maximum atomic E-state index is 13.2. The van der Waals surface area contributed by atoms with E-state index in [-0.39, 0.29) is 12.1 Å². The molecular formula is C11H11F2N3O. The molecule has 1 N–H and O–H groups in total. The molecule has 2 rings (SSSR count). The monoisotopic (exact) mass is 239 g/mol. The molecule has 0 radical (unpaired) electrons. The quantitative estimate of drug-likeness (QED) is 0.885. The molecule has 0 atom stereocenters. The molecule has 0 fully saturated rings. The fourth-order valence-corrected chi connectivity index (χ4v) is 1.40. The van der Waals surface area contributed by atoms with Crippen LogP contribution in [0.1, 0.15) is 17.3 Å². The first-order chi connectivity index (χ1) is 8.15. The Bertz CT molecular complexity index is 513. The van der Waals surface area contributed by atoms with Gasteiger partial charge in [0.25, 0.3) is 0 Å².